The summed E-state index contributed by atoms with van der Waals surface area (Å²) in [4.78, 5) is 6.38. The lowest BCUT2D eigenvalue weighted by atomic mass is 10.1. The van der Waals surface area contributed by atoms with E-state index in [-0.39, 0.29) is 0 Å². The molecule has 3 nitrogen and oxygen atoms in total. The zero-order valence-electron chi connectivity index (χ0n) is 10.2. The van der Waals surface area contributed by atoms with E-state index in [1.807, 2.05) is 13.1 Å². The van der Waals surface area contributed by atoms with E-state index in [0.717, 1.165) is 18.1 Å². The standard InChI is InChI=1S/C14H17N3/c1-11-3-5-12(6-4-11)10-17(2)14-9-13(15)7-8-16-14/h3-9H,10H2,1-2H3,(H2,15,16). The molecule has 0 aliphatic carbocycles. The van der Waals surface area contributed by atoms with Crippen LogP contribution < -0.4 is 10.6 Å². The summed E-state index contributed by atoms with van der Waals surface area (Å²) in [6.45, 7) is 2.92. The van der Waals surface area contributed by atoms with E-state index in [4.69, 9.17) is 5.73 Å². The second-order valence-corrected chi connectivity index (χ2v) is 4.29. The van der Waals surface area contributed by atoms with E-state index in [1.54, 1.807) is 12.3 Å². The first kappa shape index (κ1) is 11.5. The highest BCUT2D eigenvalue weighted by molar-refractivity contribution is 5.50. The molecule has 17 heavy (non-hydrogen) atoms. The molecule has 0 aliphatic rings. The molecular formula is C14H17N3. The molecule has 3 heteroatoms. The summed E-state index contributed by atoms with van der Waals surface area (Å²) in [6.07, 6.45) is 1.73. The van der Waals surface area contributed by atoms with Crippen molar-refractivity contribution in [3.63, 3.8) is 0 Å². The Bertz CT molecular complexity index is 491. The molecular weight excluding hydrogens is 210 g/mol. The van der Waals surface area contributed by atoms with Gasteiger partial charge in [-0.25, -0.2) is 4.98 Å². The highest BCUT2D eigenvalue weighted by Gasteiger charge is 2.03. The average molecular weight is 227 g/mol. The van der Waals surface area contributed by atoms with E-state index >= 15 is 0 Å². The van der Waals surface area contributed by atoms with Gasteiger partial charge in [0.1, 0.15) is 5.82 Å². The Morgan fingerprint density at radius 1 is 1.18 bits per heavy atom. The zero-order chi connectivity index (χ0) is 12.3. The van der Waals surface area contributed by atoms with E-state index < -0.39 is 0 Å². The van der Waals surface area contributed by atoms with Gasteiger partial charge in [0.15, 0.2) is 0 Å². The van der Waals surface area contributed by atoms with Crippen LogP contribution >= 0.6 is 0 Å². The molecule has 0 aliphatic heterocycles. The van der Waals surface area contributed by atoms with Crippen LogP contribution in [0.25, 0.3) is 0 Å². The maximum Gasteiger partial charge on any atom is 0.130 e. The Morgan fingerprint density at radius 2 is 1.88 bits per heavy atom. The number of anilines is 2. The molecule has 1 aromatic carbocycles. The molecule has 0 unspecified atom stereocenters. The predicted molar refractivity (Wildman–Crippen MR) is 71.9 cm³/mol. The van der Waals surface area contributed by atoms with E-state index in [2.05, 4.69) is 41.1 Å². The molecule has 0 radical (unpaired) electrons. The van der Waals surface area contributed by atoms with Crippen LogP contribution in [0.3, 0.4) is 0 Å². The maximum absolute atomic E-state index is 5.74. The third-order valence-electron chi connectivity index (χ3n) is 2.70. The van der Waals surface area contributed by atoms with Crippen LogP contribution in [0.4, 0.5) is 11.5 Å². The lowest BCUT2D eigenvalue weighted by Crippen LogP contribution is -2.17. The number of rotatable bonds is 3. The van der Waals surface area contributed by atoms with Crippen molar-refractivity contribution in [2.24, 2.45) is 0 Å². The van der Waals surface area contributed by atoms with Crippen molar-refractivity contribution >= 4 is 11.5 Å². The number of nitrogen functional groups attached to an aromatic ring is 1. The van der Waals surface area contributed by atoms with Crippen LogP contribution in [0.2, 0.25) is 0 Å². The molecule has 88 valence electrons. The van der Waals surface area contributed by atoms with Gasteiger partial charge in [-0.1, -0.05) is 29.8 Å². The van der Waals surface area contributed by atoms with Crippen LogP contribution in [0.1, 0.15) is 11.1 Å². The van der Waals surface area contributed by atoms with Crippen molar-refractivity contribution in [3.8, 4) is 0 Å². The largest absolute Gasteiger partial charge is 0.399 e. The monoisotopic (exact) mass is 227 g/mol. The number of nitrogens with zero attached hydrogens (tertiary/aromatic N) is 2. The molecule has 0 atom stereocenters. The van der Waals surface area contributed by atoms with Gasteiger partial charge < -0.3 is 10.6 Å². The Balaban J connectivity index is 2.11. The van der Waals surface area contributed by atoms with Gasteiger partial charge in [-0.2, -0.15) is 0 Å². The smallest absolute Gasteiger partial charge is 0.130 e. The molecule has 1 aromatic heterocycles. The van der Waals surface area contributed by atoms with Gasteiger partial charge in [-0.05, 0) is 18.6 Å². The normalized spacial score (nSPS) is 10.2. The van der Waals surface area contributed by atoms with E-state index in [0.29, 0.717) is 0 Å². The fourth-order valence-corrected chi connectivity index (χ4v) is 1.69. The van der Waals surface area contributed by atoms with Crippen LogP contribution in [0.5, 0.6) is 0 Å². The molecule has 0 spiro atoms. The summed E-state index contributed by atoms with van der Waals surface area (Å²) in [7, 11) is 2.02. The quantitative estimate of drug-likeness (QED) is 0.876. The first-order chi connectivity index (χ1) is 8.15. The van der Waals surface area contributed by atoms with Crippen molar-refractivity contribution < 1.29 is 0 Å². The van der Waals surface area contributed by atoms with Crippen molar-refractivity contribution in [2.45, 2.75) is 13.5 Å². The van der Waals surface area contributed by atoms with Crippen molar-refractivity contribution in [2.75, 3.05) is 17.7 Å². The minimum absolute atomic E-state index is 0.741. The first-order valence-electron chi connectivity index (χ1n) is 5.63. The van der Waals surface area contributed by atoms with Gasteiger partial charge in [0.05, 0.1) is 0 Å². The molecule has 0 amide bonds. The lowest BCUT2D eigenvalue weighted by Gasteiger charge is -2.18. The average Bonchev–Trinajstić information content (AvgIpc) is 2.32. The Morgan fingerprint density at radius 3 is 2.53 bits per heavy atom. The summed E-state index contributed by atoms with van der Waals surface area (Å²) < 4.78 is 0. The topological polar surface area (TPSA) is 42.1 Å². The van der Waals surface area contributed by atoms with Crippen LogP contribution in [0.15, 0.2) is 42.6 Å². The number of aryl methyl sites for hydroxylation is 1. The third kappa shape index (κ3) is 2.97. The van der Waals surface area contributed by atoms with Crippen molar-refractivity contribution in [1.29, 1.82) is 0 Å². The van der Waals surface area contributed by atoms with Gasteiger partial charge in [-0.15, -0.1) is 0 Å². The number of nitrogens with two attached hydrogens (primary N) is 1. The number of pyridine rings is 1. The molecule has 0 fully saturated rings. The molecule has 0 saturated carbocycles. The number of hydrogen-bond donors (Lipinski definition) is 1. The molecule has 0 bridgehead atoms. The summed E-state index contributed by atoms with van der Waals surface area (Å²) >= 11 is 0. The van der Waals surface area contributed by atoms with Crippen LogP contribution in [-0.4, -0.2) is 12.0 Å². The highest BCUT2D eigenvalue weighted by Crippen LogP contribution is 2.15. The number of aromatic nitrogens is 1. The molecule has 2 aromatic rings. The molecule has 2 N–H and O–H groups in total. The van der Waals surface area contributed by atoms with Crippen LogP contribution in [0, 0.1) is 6.92 Å². The highest BCUT2D eigenvalue weighted by atomic mass is 15.2. The summed E-state index contributed by atoms with van der Waals surface area (Å²) in [5.74, 6) is 0.894. The Hall–Kier alpha value is -2.03. The zero-order valence-corrected chi connectivity index (χ0v) is 10.2. The van der Waals surface area contributed by atoms with Crippen molar-refractivity contribution in [1.82, 2.24) is 4.98 Å². The van der Waals surface area contributed by atoms with Gasteiger partial charge in [0.2, 0.25) is 0 Å². The number of hydrogen-bond acceptors (Lipinski definition) is 3. The third-order valence-corrected chi connectivity index (χ3v) is 2.70. The molecule has 1 heterocycles. The first-order valence-corrected chi connectivity index (χ1v) is 5.63. The van der Waals surface area contributed by atoms with E-state index in [1.165, 1.54) is 11.1 Å². The van der Waals surface area contributed by atoms with Crippen LogP contribution in [-0.2, 0) is 6.54 Å². The fourth-order valence-electron chi connectivity index (χ4n) is 1.69. The Labute approximate surface area is 102 Å². The fraction of sp³-hybridized carbons (Fsp3) is 0.214. The second kappa shape index (κ2) is 4.87. The predicted octanol–water partition coefficient (Wildman–Crippen LogP) is 2.61. The van der Waals surface area contributed by atoms with E-state index in [9.17, 15) is 0 Å². The summed E-state index contributed by atoms with van der Waals surface area (Å²) in [5, 5.41) is 0. The van der Waals surface area contributed by atoms with Gasteiger partial charge >= 0.3 is 0 Å². The number of benzene rings is 1. The second-order valence-electron chi connectivity index (χ2n) is 4.29. The minimum Gasteiger partial charge on any atom is -0.399 e. The molecule has 2 rings (SSSR count). The SMILES string of the molecule is Cc1ccc(CN(C)c2cc(N)ccn2)cc1. The van der Waals surface area contributed by atoms with Gasteiger partial charge in [-0.3, -0.25) is 0 Å². The summed E-state index contributed by atoms with van der Waals surface area (Å²) in [5.41, 5.74) is 9.03. The summed E-state index contributed by atoms with van der Waals surface area (Å²) in [6, 6.07) is 12.2. The molecule has 0 saturated heterocycles. The van der Waals surface area contributed by atoms with Crippen molar-refractivity contribution in [3.05, 3.63) is 53.7 Å². The lowest BCUT2D eigenvalue weighted by molar-refractivity contribution is 0.898. The maximum atomic E-state index is 5.74. The minimum atomic E-state index is 0.741. The van der Waals surface area contributed by atoms with Gasteiger partial charge in [0, 0.05) is 31.5 Å². The van der Waals surface area contributed by atoms with Gasteiger partial charge in [0.25, 0.3) is 0 Å². The Kier molecular flexibility index (Phi) is 3.28.